The van der Waals surface area contributed by atoms with Gasteiger partial charge in [0.25, 0.3) is 0 Å². The number of halogens is 2. The lowest BCUT2D eigenvalue weighted by Crippen LogP contribution is -1.97. The van der Waals surface area contributed by atoms with Crippen molar-refractivity contribution in [2.45, 2.75) is 6.92 Å². The van der Waals surface area contributed by atoms with Gasteiger partial charge in [-0.1, -0.05) is 35.9 Å². The highest BCUT2D eigenvalue weighted by atomic mass is 19.2. The number of aryl methyl sites for hydroxylation is 1. The number of hydrogen-bond donors (Lipinski definition) is 1. The van der Waals surface area contributed by atoms with E-state index in [-0.39, 0.29) is 22.7 Å². The summed E-state index contributed by atoms with van der Waals surface area (Å²) in [7, 11) is 0. The molecule has 2 aromatic carbocycles. The molecule has 3 nitrogen and oxygen atoms in total. The molecule has 0 saturated carbocycles. The van der Waals surface area contributed by atoms with E-state index >= 15 is 0 Å². The summed E-state index contributed by atoms with van der Waals surface area (Å²) in [5.41, 5.74) is 1.77. The first-order chi connectivity index (χ1) is 10.6. The SMILES string of the molecule is Cc1ccc(-c2ccc(-c3ncc(O)cn3)c(F)c2F)cc1. The number of aromatic nitrogens is 2. The Morgan fingerprint density at radius 3 is 2.00 bits per heavy atom. The van der Waals surface area contributed by atoms with Crippen molar-refractivity contribution in [2.75, 3.05) is 0 Å². The average Bonchev–Trinajstić information content (AvgIpc) is 2.52. The molecule has 0 aliphatic heterocycles. The van der Waals surface area contributed by atoms with Crippen LogP contribution in [0.3, 0.4) is 0 Å². The molecule has 1 heterocycles. The van der Waals surface area contributed by atoms with Crippen LogP contribution in [-0.4, -0.2) is 15.1 Å². The fourth-order valence-electron chi connectivity index (χ4n) is 2.14. The monoisotopic (exact) mass is 298 g/mol. The number of hydrogen-bond acceptors (Lipinski definition) is 3. The molecule has 0 aliphatic rings. The number of rotatable bonds is 2. The first-order valence-corrected chi connectivity index (χ1v) is 6.62. The molecule has 0 radical (unpaired) electrons. The molecule has 0 bridgehead atoms. The minimum Gasteiger partial charge on any atom is -0.505 e. The van der Waals surface area contributed by atoms with Gasteiger partial charge in [0.1, 0.15) is 0 Å². The first kappa shape index (κ1) is 14.1. The maximum absolute atomic E-state index is 14.3. The van der Waals surface area contributed by atoms with E-state index in [1.54, 1.807) is 12.1 Å². The molecule has 0 saturated heterocycles. The minimum absolute atomic E-state index is 0.0182. The Kier molecular flexibility index (Phi) is 3.55. The summed E-state index contributed by atoms with van der Waals surface area (Å²) in [4.78, 5) is 7.59. The van der Waals surface area contributed by atoms with E-state index < -0.39 is 11.6 Å². The van der Waals surface area contributed by atoms with E-state index in [9.17, 15) is 8.78 Å². The molecule has 3 rings (SSSR count). The largest absolute Gasteiger partial charge is 0.505 e. The quantitative estimate of drug-likeness (QED) is 0.774. The summed E-state index contributed by atoms with van der Waals surface area (Å²) in [6.07, 6.45) is 2.27. The van der Waals surface area contributed by atoms with Crippen LogP contribution < -0.4 is 0 Å². The van der Waals surface area contributed by atoms with Crippen LogP contribution in [0.1, 0.15) is 5.56 Å². The molecular weight excluding hydrogens is 286 g/mol. The van der Waals surface area contributed by atoms with E-state index in [0.29, 0.717) is 5.56 Å². The third-order valence-electron chi connectivity index (χ3n) is 3.32. The van der Waals surface area contributed by atoms with Crippen molar-refractivity contribution in [3.63, 3.8) is 0 Å². The Morgan fingerprint density at radius 2 is 1.36 bits per heavy atom. The smallest absolute Gasteiger partial charge is 0.170 e. The number of nitrogens with zero attached hydrogens (tertiary/aromatic N) is 2. The third kappa shape index (κ3) is 2.53. The summed E-state index contributed by atoms with van der Waals surface area (Å²) in [5.74, 6) is -2.08. The molecule has 110 valence electrons. The predicted molar refractivity (Wildman–Crippen MR) is 79.2 cm³/mol. The highest BCUT2D eigenvalue weighted by molar-refractivity contribution is 5.69. The van der Waals surface area contributed by atoms with Gasteiger partial charge in [-0.15, -0.1) is 0 Å². The molecule has 0 spiro atoms. The lowest BCUT2D eigenvalue weighted by molar-refractivity contribution is 0.469. The molecule has 5 heteroatoms. The van der Waals surface area contributed by atoms with E-state index in [1.807, 2.05) is 19.1 Å². The summed E-state index contributed by atoms with van der Waals surface area (Å²) in [6.45, 7) is 1.92. The molecule has 3 aromatic rings. The van der Waals surface area contributed by atoms with Gasteiger partial charge in [-0.25, -0.2) is 18.7 Å². The Balaban J connectivity index is 2.08. The maximum Gasteiger partial charge on any atom is 0.170 e. The van der Waals surface area contributed by atoms with Crippen LogP contribution in [0.4, 0.5) is 8.78 Å². The van der Waals surface area contributed by atoms with Crippen molar-refractivity contribution in [2.24, 2.45) is 0 Å². The van der Waals surface area contributed by atoms with Crippen molar-refractivity contribution >= 4 is 0 Å². The molecule has 0 amide bonds. The van der Waals surface area contributed by atoms with Crippen LogP contribution in [-0.2, 0) is 0 Å². The predicted octanol–water partition coefficient (Wildman–Crippen LogP) is 4.10. The van der Waals surface area contributed by atoms with Gasteiger partial charge in [0.2, 0.25) is 0 Å². The van der Waals surface area contributed by atoms with Gasteiger partial charge in [-0.05, 0) is 18.6 Å². The normalized spacial score (nSPS) is 10.7. The highest BCUT2D eigenvalue weighted by Gasteiger charge is 2.17. The third-order valence-corrected chi connectivity index (χ3v) is 3.32. The minimum atomic E-state index is -1.01. The fraction of sp³-hybridized carbons (Fsp3) is 0.0588. The Bertz CT molecular complexity index is 745. The summed E-state index contributed by atoms with van der Waals surface area (Å²) < 4.78 is 28.6. The zero-order chi connectivity index (χ0) is 15.7. The van der Waals surface area contributed by atoms with Gasteiger partial charge in [-0.3, -0.25) is 0 Å². The molecular formula is C17H12F2N2O. The molecule has 1 N–H and O–H groups in total. The first-order valence-electron chi connectivity index (χ1n) is 6.62. The lowest BCUT2D eigenvalue weighted by Gasteiger charge is -2.08. The summed E-state index contributed by atoms with van der Waals surface area (Å²) in [6, 6.07) is 10.1. The van der Waals surface area contributed by atoms with Crippen LogP contribution in [0.2, 0.25) is 0 Å². The van der Waals surface area contributed by atoms with E-state index in [2.05, 4.69) is 9.97 Å². The second kappa shape index (κ2) is 5.52. The van der Waals surface area contributed by atoms with Crippen LogP contribution >= 0.6 is 0 Å². The molecule has 0 atom stereocenters. The van der Waals surface area contributed by atoms with Crippen molar-refractivity contribution in [3.8, 4) is 28.3 Å². The summed E-state index contributed by atoms with van der Waals surface area (Å²) in [5, 5.41) is 9.15. The molecule has 22 heavy (non-hydrogen) atoms. The van der Waals surface area contributed by atoms with Gasteiger partial charge in [0, 0.05) is 5.56 Å². The molecule has 0 fully saturated rings. The topological polar surface area (TPSA) is 46.0 Å². The van der Waals surface area contributed by atoms with Crippen LogP contribution in [0, 0.1) is 18.6 Å². The van der Waals surface area contributed by atoms with Gasteiger partial charge in [0.05, 0.1) is 18.0 Å². The van der Waals surface area contributed by atoms with Crippen LogP contribution in [0.25, 0.3) is 22.5 Å². The average molecular weight is 298 g/mol. The Labute approximate surface area is 125 Å². The zero-order valence-electron chi connectivity index (χ0n) is 11.7. The zero-order valence-corrected chi connectivity index (χ0v) is 11.7. The van der Waals surface area contributed by atoms with E-state index in [1.165, 1.54) is 12.1 Å². The van der Waals surface area contributed by atoms with Gasteiger partial charge >= 0.3 is 0 Å². The standard InChI is InChI=1S/C17H12F2N2O/c1-10-2-4-11(5-3-10)13-6-7-14(16(19)15(13)18)17-20-8-12(22)9-21-17/h2-9,22H,1H3. The maximum atomic E-state index is 14.3. The molecule has 0 unspecified atom stereocenters. The Morgan fingerprint density at radius 1 is 0.818 bits per heavy atom. The van der Waals surface area contributed by atoms with Crippen molar-refractivity contribution in [3.05, 3.63) is 66.0 Å². The number of benzene rings is 2. The summed E-state index contributed by atoms with van der Waals surface area (Å²) >= 11 is 0. The highest BCUT2D eigenvalue weighted by Crippen LogP contribution is 2.30. The van der Waals surface area contributed by atoms with Crippen molar-refractivity contribution in [1.29, 1.82) is 0 Å². The fourth-order valence-corrected chi connectivity index (χ4v) is 2.14. The molecule has 1 aromatic heterocycles. The number of aromatic hydroxyl groups is 1. The van der Waals surface area contributed by atoms with E-state index in [0.717, 1.165) is 18.0 Å². The van der Waals surface area contributed by atoms with Gasteiger partial charge in [-0.2, -0.15) is 0 Å². The van der Waals surface area contributed by atoms with Crippen LogP contribution in [0.15, 0.2) is 48.8 Å². The van der Waals surface area contributed by atoms with Crippen molar-refractivity contribution in [1.82, 2.24) is 9.97 Å². The van der Waals surface area contributed by atoms with Gasteiger partial charge < -0.3 is 5.11 Å². The second-order valence-corrected chi connectivity index (χ2v) is 4.92. The lowest BCUT2D eigenvalue weighted by atomic mass is 10.0. The Hall–Kier alpha value is -2.82. The van der Waals surface area contributed by atoms with E-state index in [4.69, 9.17) is 5.11 Å². The van der Waals surface area contributed by atoms with Gasteiger partial charge in [0.15, 0.2) is 23.2 Å². The van der Waals surface area contributed by atoms with Crippen LogP contribution in [0.5, 0.6) is 5.75 Å². The molecule has 0 aliphatic carbocycles. The second-order valence-electron chi connectivity index (χ2n) is 4.92. The van der Waals surface area contributed by atoms with Crippen molar-refractivity contribution < 1.29 is 13.9 Å².